The number of halogens is 2. The van der Waals surface area contributed by atoms with Crippen molar-refractivity contribution < 1.29 is 28.6 Å². The lowest BCUT2D eigenvalue weighted by Crippen LogP contribution is -2.37. The summed E-state index contributed by atoms with van der Waals surface area (Å²) in [4.78, 5) is 35.6. The number of benzene rings is 1. The number of carbonyl (C=O) groups excluding carboxylic acids is 1. The molecular weight excluding hydrogens is 364 g/mol. The first kappa shape index (κ1) is 18.1. The van der Waals surface area contributed by atoms with Crippen LogP contribution in [0.2, 0.25) is 0 Å². The van der Waals surface area contributed by atoms with Crippen molar-refractivity contribution in [2.75, 3.05) is 6.54 Å². The lowest BCUT2D eigenvalue weighted by atomic mass is 10.2. The van der Waals surface area contributed by atoms with Gasteiger partial charge in [-0.25, -0.2) is 13.5 Å². The third-order valence-electron chi connectivity index (χ3n) is 3.88. The van der Waals surface area contributed by atoms with Gasteiger partial charge in [0.15, 0.2) is 5.75 Å². The minimum atomic E-state index is -1.33. The lowest BCUT2D eigenvalue weighted by molar-refractivity contribution is -0.135. The maximum atomic E-state index is 14.0. The van der Waals surface area contributed by atoms with Crippen LogP contribution in [0, 0.1) is 11.6 Å². The fourth-order valence-electron chi connectivity index (χ4n) is 2.63. The summed E-state index contributed by atoms with van der Waals surface area (Å²) in [6.07, 6.45) is 1.41. The molecule has 3 aromatic rings. The highest BCUT2D eigenvalue weighted by Gasteiger charge is 2.23. The van der Waals surface area contributed by atoms with Crippen LogP contribution in [0.25, 0.3) is 5.52 Å². The van der Waals surface area contributed by atoms with E-state index in [1.807, 2.05) is 5.32 Å². The molecule has 8 nitrogen and oxygen atoms in total. The zero-order valence-electron chi connectivity index (χ0n) is 13.6. The second-order valence-electron chi connectivity index (χ2n) is 5.64. The molecule has 0 spiro atoms. The van der Waals surface area contributed by atoms with Crippen molar-refractivity contribution in [1.29, 1.82) is 0 Å². The molecule has 27 heavy (non-hydrogen) atoms. The zero-order valence-corrected chi connectivity index (χ0v) is 13.6. The molecule has 1 aromatic carbocycles. The number of nitrogens with one attached hydrogen (secondary N) is 1. The van der Waals surface area contributed by atoms with E-state index in [0.717, 1.165) is 16.8 Å². The third-order valence-corrected chi connectivity index (χ3v) is 3.88. The topological polar surface area (TPSA) is 113 Å². The molecule has 0 fully saturated rings. The van der Waals surface area contributed by atoms with E-state index in [1.165, 1.54) is 22.8 Å². The average molecular weight is 377 g/mol. The van der Waals surface area contributed by atoms with E-state index in [1.54, 1.807) is 0 Å². The van der Waals surface area contributed by atoms with Gasteiger partial charge in [-0.3, -0.25) is 18.9 Å². The van der Waals surface area contributed by atoms with Crippen LogP contribution in [-0.4, -0.2) is 37.8 Å². The van der Waals surface area contributed by atoms with Crippen LogP contribution in [0.5, 0.6) is 5.75 Å². The predicted molar refractivity (Wildman–Crippen MR) is 88.8 cm³/mol. The summed E-state index contributed by atoms with van der Waals surface area (Å²) in [5, 5.41) is 20.9. The summed E-state index contributed by atoms with van der Waals surface area (Å²) in [6, 6.07) is 5.75. The number of carboxylic acids is 1. The first-order chi connectivity index (χ1) is 12.8. The fourth-order valence-corrected chi connectivity index (χ4v) is 2.63. The van der Waals surface area contributed by atoms with E-state index in [0.29, 0.717) is 6.07 Å². The van der Waals surface area contributed by atoms with Gasteiger partial charge in [0.05, 0.1) is 6.54 Å². The van der Waals surface area contributed by atoms with Gasteiger partial charge in [-0.15, -0.1) is 0 Å². The van der Waals surface area contributed by atoms with E-state index < -0.39 is 46.9 Å². The van der Waals surface area contributed by atoms with Crippen LogP contribution in [0.4, 0.5) is 8.78 Å². The maximum Gasteiger partial charge on any atom is 0.322 e. The molecule has 140 valence electrons. The lowest BCUT2D eigenvalue weighted by Gasteiger charge is -2.14. The molecular formula is C17H13F2N3O5. The van der Waals surface area contributed by atoms with Gasteiger partial charge in [0.1, 0.15) is 29.3 Å². The summed E-state index contributed by atoms with van der Waals surface area (Å²) in [7, 11) is 0. The minimum absolute atomic E-state index is 0.0175. The molecule has 0 aliphatic heterocycles. The van der Waals surface area contributed by atoms with Crippen LogP contribution < -0.4 is 10.9 Å². The second kappa shape index (κ2) is 6.90. The standard InChI is InChI=1S/C17H13F2N3O5/c18-10-4-3-9(11(19)6-10)8-22-17(27)14(16(26)20-7-13(23)24)15(25)12-2-1-5-21(12)22/h1-6,25H,7-8H2,(H,20,26)(H,23,24). The van der Waals surface area contributed by atoms with E-state index >= 15 is 0 Å². The molecule has 0 aliphatic carbocycles. The number of carbonyl (C=O) groups is 2. The number of aromatic nitrogens is 2. The molecule has 0 atom stereocenters. The molecule has 1 amide bonds. The largest absolute Gasteiger partial charge is 0.505 e. The van der Waals surface area contributed by atoms with Gasteiger partial charge >= 0.3 is 5.97 Å². The predicted octanol–water partition coefficient (Wildman–Crippen LogP) is 0.947. The van der Waals surface area contributed by atoms with Crippen molar-refractivity contribution in [3.63, 3.8) is 0 Å². The van der Waals surface area contributed by atoms with Gasteiger partial charge in [-0.1, -0.05) is 6.07 Å². The monoisotopic (exact) mass is 377 g/mol. The van der Waals surface area contributed by atoms with Crippen LogP contribution >= 0.6 is 0 Å². The first-order valence-corrected chi connectivity index (χ1v) is 7.66. The number of fused-ring (bicyclic) bond motifs is 1. The van der Waals surface area contributed by atoms with Crippen molar-refractivity contribution in [2.24, 2.45) is 0 Å². The number of aliphatic carboxylic acids is 1. The average Bonchev–Trinajstić information content (AvgIpc) is 3.08. The zero-order chi connectivity index (χ0) is 19.7. The molecule has 2 aromatic heterocycles. The van der Waals surface area contributed by atoms with Gasteiger partial charge in [-0.05, 0) is 18.2 Å². The Morgan fingerprint density at radius 1 is 1.19 bits per heavy atom. The minimum Gasteiger partial charge on any atom is -0.505 e. The Hall–Kier alpha value is -3.69. The van der Waals surface area contributed by atoms with Gasteiger partial charge in [-0.2, -0.15) is 0 Å². The van der Waals surface area contributed by atoms with E-state index in [9.17, 15) is 28.3 Å². The molecule has 10 heteroatoms. The summed E-state index contributed by atoms with van der Waals surface area (Å²) < 4.78 is 29.3. The van der Waals surface area contributed by atoms with Crippen molar-refractivity contribution in [3.8, 4) is 5.75 Å². The highest BCUT2D eigenvalue weighted by atomic mass is 19.1. The third kappa shape index (κ3) is 3.36. The Labute approximate surface area is 149 Å². The van der Waals surface area contributed by atoms with Crippen LogP contribution in [0.3, 0.4) is 0 Å². The maximum absolute atomic E-state index is 14.0. The van der Waals surface area contributed by atoms with Crippen LogP contribution in [0.1, 0.15) is 15.9 Å². The first-order valence-electron chi connectivity index (χ1n) is 7.66. The van der Waals surface area contributed by atoms with Crippen molar-refractivity contribution >= 4 is 17.4 Å². The molecule has 0 saturated carbocycles. The van der Waals surface area contributed by atoms with Crippen LogP contribution in [0.15, 0.2) is 41.3 Å². The number of nitrogens with zero attached hydrogens (tertiary/aromatic N) is 2. The molecule has 0 aliphatic rings. The molecule has 3 N–H and O–H groups in total. The van der Waals surface area contributed by atoms with E-state index in [-0.39, 0.29) is 17.6 Å². The molecule has 0 bridgehead atoms. The summed E-state index contributed by atoms with van der Waals surface area (Å²) in [5.41, 5.74) is -1.58. The number of carboxylic acid groups (broad SMARTS) is 1. The summed E-state index contributed by atoms with van der Waals surface area (Å²) in [5.74, 6) is -4.72. The number of rotatable bonds is 5. The SMILES string of the molecule is O=C(O)CNC(=O)c1c(O)c2cccn2n(Cc2ccc(F)cc2F)c1=O. The van der Waals surface area contributed by atoms with Gasteiger partial charge in [0.25, 0.3) is 11.5 Å². The van der Waals surface area contributed by atoms with Gasteiger partial charge in [0.2, 0.25) is 0 Å². The smallest absolute Gasteiger partial charge is 0.322 e. The molecule has 0 saturated heterocycles. The number of amides is 1. The number of hydrogen-bond donors (Lipinski definition) is 3. The quantitative estimate of drug-likeness (QED) is 0.613. The van der Waals surface area contributed by atoms with Crippen molar-refractivity contribution in [3.05, 3.63) is 69.6 Å². The summed E-state index contributed by atoms with van der Waals surface area (Å²) in [6.45, 7) is -1.11. The highest BCUT2D eigenvalue weighted by molar-refractivity contribution is 5.99. The summed E-state index contributed by atoms with van der Waals surface area (Å²) >= 11 is 0. The Bertz CT molecular complexity index is 1120. The van der Waals surface area contributed by atoms with E-state index in [4.69, 9.17) is 5.11 Å². The Balaban J connectivity index is 2.14. The van der Waals surface area contributed by atoms with Crippen LogP contribution in [-0.2, 0) is 11.3 Å². The molecule has 3 rings (SSSR count). The highest BCUT2D eigenvalue weighted by Crippen LogP contribution is 2.22. The fraction of sp³-hybridized carbons (Fsp3) is 0.118. The number of hydrogen-bond acceptors (Lipinski definition) is 4. The van der Waals surface area contributed by atoms with Gasteiger partial charge in [0, 0.05) is 17.8 Å². The van der Waals surface area contributed by atoms with Gasteiger partial charge < -0.3 is 15.5 Å². The Morgan fingerprint density at radius 3 is 2.59 bits per heavy atom. The van der Waals surface area contributed by atoms with Crippen molar-refractivity contribution in [1.82, 2.24) is 14.5 Å². The van der Waals surface area contributed by atoms with Crippen molar-refractivity contribution in [2.45, 2.75) is 6.54 Å². The normalized spacial score (nSPS) is 10.9. The Kier molecular flexibility index (Phi) is 4.63. The molecule has 0 radical (unpaired) electrons. The Morgan fingerprint density at radius 2 is 1.93 bits per heavy atom. The number of aromatic hydroxyl groups is 1. The second-order valence-corrected chi connectivity index (χ2v) is 5.64. The van der Waals surface area contributed by atoms with E-state index in [2.05, 4.69) is 0 Å². The molecule has 0 unspecified atom stereocenters. The molecule has 2 heterocycles.